The van der Waals surface area contributed by atoms with Gasteiger partial charge in [-0.25, -0.2) is 4.98 Å². The maximum Gasteiger partial charge on any atom is 0.277 e. The zero-order valence-electron chi connectivity index (χ0n) is 18.9. The number of fused-ring (bicyclic) bond motifs is 1. The van der Waals surface area contributed by atoms with E-state index in [0.29, 0.717) is 12.1 Å². The number of hydrogen-bond donors (Lipinski definition) is 4. The Hall–Kier alpha value is -3.71. The summed E-state index contributed by atoms with van der Waals surface area (Å²) in [7, 11) is 1.62. The third-order valence-electron chi connectivity index (χ3n) is 6.56. The number of H-pyrrole nitrogens is 1. The van der Waals surface area contributed by atoms with Gasteiger partial charge in [-0.3, -0.25) is 19.5 Å². The molecule has 2 aliphatic carbocycles. The smallest absolute Gasteiger partial charge is 0.277 e. The molecule has 10 heteroatoms. The quantitative estimate of drug-likeness (QED) is 0.498. The van der Waals surface area contributed by atoms with Gasteiger partial charge >= 0.3 is 0 Å². The lowest BCUT2D eigenvalue weighted by Crippen LogP contribution is -2.37. The average molecular weight is 463 g/mol. The highest BCUT2D eigenvalue weighted by molar-refractivity contribution is 6.04. The molecule has 0 spiro atoms. The van der Waals surface area contributed by atoms with E-state index < -0.39 is 17.4 Å². The van der Waals surface area contributed by atoms with E-state index in [-0.39, 0.29) is 35.8 Å². The molecule has 0 unspecified atom stereocenters. The molecule has 2 fully saturated rings. The van der Waals surface area contributed by atoms with E-state index in [9.17, 15) is 19.5 Å². The average Bonchev–Trinajstić information content (AvgIpc) is 3.54. The fraction of sp³-hybridized carbons (Fsp3) is 0.458. The van der Waals surface area contributed by atoms with Gasteiger partial charge in [0.2, 0.25) is 11.5 Å². The summed E-state index contributed by atoms with van der Waals surface area (Å²) >= 11 is 0. The molecule has 1 saturated heterocycles. The monoisotopic (exact) mass is 462 g/mol. The van der Waals surface area contributed by atoms with E-state index in [4.69, 9.17) is 0 Å². The number of nitrogens with one attached hydrogen (secondary N) is 3. The second-order valence-corrected chi connectivity index (χ2v) is 9.16. The number of likely N-dealkylation sites (tertiary alicyclic amines) is 1. The van der Waals surface area contributed by atoms with Crippen LogP contribution in [0.5, 0.6) is 0 Å². The molecule has 2 aromatic rings. The Morgan fingerprint density at radius 1 is 1.32 bits per heavy atom. The summed E-state index contributed by atoms with van der Waals surface area (Å²) in [6.07, 6.45) is 5.99. The largest absolute Gasteiger partial charge is 0.369 e. The number of hydrogen-bond acceptors (Lipinski definition) is 6. The number of aryl methyl sites for hydroxylation is 1. The molecule has 3 amide bonds. The molecule has 1 saturated carbocycles. The third-order valence-corrected chi connectivity index (χ3v) is 6.56. The molecule has 4 N–H and O–H groups in total. The van der Waals surface area contributed by atoms with Crippen LogP contribution >= 0.6 is 0 Å². The Morgan fingerprint density at radius 2 is 2.15 bits per heavy atom. The summed E-state index contributed by atoms with van der Waals surface area (Å²) in [5, 5.41) is 23.5. The minimum Gasteiger partial charge on any atom is -0.369 e. The zero-order valence-corrected chi connectivity index (χ0v) is 18.9. The van der Waals surface area contributed by atoms with E-state index in [1.165, 1.54) is 11.1 Å². The maximum absolute atomic E-state index is 13.1. The van der Waals surface area contributed by atoms with Crippen molar-refractivity contribution in [3.8, 4) is 11.8 Å². The number of pyridine rings is 1. The first kappa shape index (κ1) is 22.1. The van der Waals surface area contributed by atoms with Crippen LogP contribution in [-0.2, 0) is 16.0 Å². The predicted octanol–water partition coefficient (Wildman–Crippen LogP) is 0.905. The van der Waals surface area contributed by atoms with Gasteiger partial charge in [-0.2, -0.15) is 5.10 Å². The first-order valence-corrected chi connectivity index (χ1v) is 11.5. The number of likely N-dealkylation sites (N-methyl/N-ethyl adjacent to an activating group) is 1. The lowest BCUT2D eigenvalue weighted by Gasteiger charge is -2.24. The molecule has 10 nitrogen and oxygen atoms in total. The molecule has 0 bridgehead atoms. The summed E-state index contributed by atoms with van der Waals surface area (Å²) in [5.41, 5.74) is 0.641. The summed E-state index contributed by atoms with van der Waals surface area (Å²) in [4.78, 5) is 43.1. The minimum absolute atomic E-state index is 0.0342. The van der Waals surface area contributed by atoms with Crippen molar-refractivity contribution in [1.29, 1.82) is 0 Å². The highest BCUT2D eigenvalue weighted by atomic mass is 16.3. The lowest BCUT2D eigenvalue weighted by atomic mass is 9.90. The minimum atomic E-state index is -1.70. The number of carbonyl (C=O) groups excluding carboxylic acids is 3. The van der Waals surface area contributed by atoms with Crippen LogP contribution in [0, 0.1) is 17.8 Å². The van der Waals surface area contributed by atoms with E-state index in [0.717, 1.165) is 43.4 Å². The second kappa shape index (κ2) is 8.57. The summed E-state index contributed by atoms with van der Waals surface area (Å²) in [6.45, 7) is 0.442. The molecule has 2 aromatic heterocycles. The predicted molar refractivity (Wildman–Crippen MR) is 121 cm³/mol. The van der Waals surface area contributed by atoms with Crippen molar-refractivity contribution in [3.05, 3.63) is 40.8 Å². The van der Waals surface area contributed by atoms with Crippen LogP contribution in [0.1, 0.15) is 65.5 Å². The Bertz CT molecular complexity index is 1220. The zero-order chi connectivity index (χ0) is 23.9. The van der Waals surface area contributed by atoms with Gasteiger partial charge in [-0.15, -0.1) is 0 Å². The number of amides is 3. The number of rotatable bonds is 4. The van der Waals surface area contributed by atoms with Gasteiger partial charge in [0.05, 0.1) is 6.04 Å². The van der Waals surface area contributed by atoms with Crippen LogP contribution in [0.3, 0.4) is 0 Å². The van der Waals surface area contributed by atoms with Crippen LogP contribution in [0.2, 0.25) is 0 Å². The normalized spacial score (nSPS) is 23.6. The van der Waals surface area contributed by atoms with Crippen LogP contribution < -0.4 is 10.6 Å². The number of anilines is 1. The fourth-order valence-electron chi connectivity index (χ4n) is 4.43. The highest BCUT2D eigenvalue weighted by Crippen LogP contribution is 2.34. The van der Waals surface area contributed by atoms with Gasteiger partial charge in [0, 0.05) is 48.9 Å². The van der Waals surface area contributed by atoms with E-state index >= 15 is 0 Å². The third kappa shape index (κ3) is 4.26. The topological polar surface area (TPSA) is 140 Å². The van der Waals surface area contributed by atoms with Crippen molar-refractivity contribution in [2.75, 3.05) is 18.9 Å². The number of aliphatic hydroxyl groups is 1. The molecule has 34 heavy (non-hydrogen) atoms. The van der Waals surface area contributed by atoms with Crippen molar-refractivity contribution in [1.82, 2.24) is 25.4 Å². The van der Waals surface area contributed by atoms with Crippen molar-refractivity contribution in [2.45, 2.75) is 50.2 Å². The molecule has 176 valence electrons. The highest BCUT2D eigenvalue weighted by Gasteiger charge is 2.42. The fourth-order valence-corrected chi connectivity index (χ4v) is 4.43. The van der Waals surface area contributed by atoms with Crippen molar-refractivity contribution < 1.29 is 19.5 Å². The lowest BCUT2D eigenvalue weighted by molar-refractivity contribution is -0.137. The molecular formula is C24H26N6O4. The van der Waals surface area contributed by atoms with Crippen LogP contribution in [0.4, 0.5) is 5.82 Å². The Morgan fingerprint density at radius 3 is 2.88 bits per heavy atom. The molecule has 0 aromatic carbocycles. The summed E-state index contributed by atoms with van der Waals surface area (Å²) in [6, 6.07) is 2.96. The molecule has 5 rings (SSSR count). The van der Waals surface area contributed by atoms with Crippen molar-refractivity contribution in [2.24, 2.45) is 5.92 Å². The summed E-state index contributed by atoms with van der Waals surface area (Å²) in [5.74, 6) is 5.00. The van der Waals surface area contributed by atoms with Gasteiger partial charge in [0.25, 0.3) is 11.8 Å². The van der Waals surface area contributed by atoms with E-state index in [1.807, 2.05) is 0 Å². The Labute approximate surface area is 196 Å². The Kier molecular flexibility index (Phi) is 5.57. The van der Waals surface area contributed by atoms with Gasteiger partial charge in [0.15, 0.2) is 5.69 Å². The molecule has 2 atom stereocenters. The number of aromatic nitrogens is 3. The first-order valence-electron chi connectivity index (χ1n) is 11.5. The van der Waals surface area contributed by atoms with Crippen LogP contribution in [-0.4, -0.2) is 62.1 Å². The molecule has 1 aliphatic heterocycles. The maximum atomic E-state index is 13.1. The van der Waals surface area contributed by atoms with Gasteiger partial charge in [0.1, 0.15) is 5.82 Å². The number of carbonyl (C=O) groups is 3. The number of aromatic amines is 1. The first-order chi connectivity index (χ1) is 16.3. The van der Waals surface area contributed by atoms with E-state index in [2.05, 4.69) is 37.7 Å². The van der Waals surface area contributed by atoms with Gasteiger partial charge in [-0.1, -0.05) is 11.8 Å². The standard InChI is InChI=1S/C24H26N6O4/c1-30-12-10-24(34,23(30)33)9-7-14-8-11-25-18(13-14)27-22(32)20-19-16(26-21(31)15-5-6-15)3-2-4-17(19)28-29-20/h8,11,13,15-16,34H,2-6,10,12H2,1H3,(H,26,31)(H,28,29)(H,25,27,32)/t16-,24-/m0/s1. The van der Waals surface area contributed by atoms with Crippen LogP contribution in [0.25, 0.3) is 0 Å². The van der Waals surface area contributed by atoms with Crippen molar-refractivity contribution >= 4 is 23.5 Å². The van der Waals surface area contributed by atoms with Crippen LogP contribution in [0.15, 0.2) is 18.3 Å². The van der Waals surface area contributed by atoms with E-state index in [1.54, 1.807) is 19.2 Å². The number of nitrogens with zero attached hydrogens (tertiary/aromatic N) is 3. The van der Waals surface area contributed by atoms with Gasteiger partial charge < -0.3 is 20.6 Å². The molecule has 3 aliphatic rings. The summed E-state index contributed by atoms with van der Waals surface area (Å²) < 4.78 is 0. The van der Waals surface area contributed by atoms with Crippen molar-refractivity contribution in [3.63, 3.8) is 0 Å². The Balaban J connectivity index is 1.32. The SMILES string of the molecule is CN1CC[C@@](O)(C#Cc2ccnc(NC(=O)c3n[nH]c4c3[C@@H](NC(=O)C3CC3)CCC4)c2)C1=O. The molecule has 0 radical (unpaired) electrons. The molecular weight excluding hydrogens is 436 g/mol. The second-order valence-electron chi connectivity index (χ2n) is 9.16. The molecule has 3 heterocycles. The van der Waals surface area contributed by atoms with Gasteiger partial charge in [-0.05, 0) is 44.2 Å².